The van der Waals surface area contributed by atoms with Gasteiger partial charge in [0.2, 0.25) is 0 Å². The van der Waals surface area contributed by atoms with E-state index in [0.717, 1.165) is 5.69 Å². The first-order valence-electron chi connectivity index (χ1n) is 4.80. The highest BCUT2D eigenvalue weighted by atomic mass is 16.5. The maximum absolute atomic E-state index is 10.8. The molecule has 0 spiro atoms. The minimum atomic E-state index is -1.02. The molecular formula is C11H13NO4. The third kappa shape index (κ3) is 3.68. The van der Waals surface area contributed by atoms with Crippen LogP contribution in [0.2, 0.25) is 0 Å². The number of hydrogen-bond donors (Lipinski definition) is 1. The molecule has 5 nitrogen and oxygen atoms in total. The first-order valence-corrected chi connectivity index (χ1v) is 4.80. The van der Waals surface area contributed by atoms with E-state index in [-0.39, 0.29) is 6.42 Å². The number of esters is 1. The van der Waals surface area contributed by atoms with E-state index in [1.165, 1.54) is 13.1 Å². The number of carboxylic acid groups (broad SMARTS) is 1. The number of carbonyl (C=O) groups excluding carboxylic acids is 1. The molecule has 0 saturated heterocycles. The molecule has 1 heterocycles. The summed E-state index contributed by atoms with van der Waals surface area (Å²) in [6.07, 6.45) is 0.485. The van der Waals surface area contributed by atoms with Crippen LogP contribution in [0.3, 0.4) is 0 Å². The smallest absolute Gasteiger partial charge is 0.307 e. The van der Waals surface area contributed by atoms with E-state index in [2.05, 4.69) is 4.98 Å². The van der Waals surface area contributed by atoms with Gasteiger partial charge in [0.25, 0.3) is 0 Å². The zero-order valence-electron chi connectivity index (χ0n) is 9.14. The Balaban J connectivity index is 2.86. The van der Waals surface area contributed by atoms with Gasteiger partial charge in [-0.15, -0.1) is 0 Å². The SMILES string of the molecule is CC(=O)OC(CC(=O)O)c1ccc(C)nc1. The van der Waals surface area contributed by atoms with Crippen molar-refractivity contribution < 1.29 is 19.4 Å². The third-order valence-electron chi connectivity index (χ3n) is 1.97. The van der Waals surface area contributed by atoms with Crippen molar-refractivity contribution in [2.45, 2.75) is 26.4 Å². The summed E-state index contributed by atoms with van der Waals surface area (Å²) in [6, 6.07) is 3.45. The Hall–Kier alpha value is -1.91. The molecule has 1 aromatic rings. The summed E-state index contributed by atoms with van der Waals surface area (Å²) in [5, 5.41) is 8.70. The minimum absolute atomic E-state index is 0.260. The van der Waals surface area contributed by atoms with Crippen LogP contribution in [-0.2, 0) is 14.3 Å². The summed E-state index contributed by atoms with van der Waals surface area (Å²) in [4.78, 5) is 25.5. The lowest BCUT2D eigenvalue weighted by atomic mass is 10.1. The van der Waals surface area contributed by atoms with Crippen LogP contribution in [0.4, 0.5) is 0 Å². The molecule has 1 N–H and O–H groups in total. The second kappa shape index (κ2) is 5.25. The van der Waals surface area contributed by atoms with Gasteiger partial charge in [0.1, 0.15) is 6.10 Å². The van der Waals surface area contributed by atoms with E-state index in [9.17, 15) is 9.59 Å². The fourth-order valence-corrected chi connectivity index (χ4v) is 1.26. The van der Waals surface area contributed by atoms with Gasteiger partial charge >= 0.3 is 11.9 Å². The quantitative estimate of drug-likeness (QED) is 0.782. The van der Waals surface area contributed by atoms with Gasteiger partial charge < -0.3 is 9.84 Å². The standard InChI is InChI=1S/C11H13NO4/c1-7-3-4-9(6-12-7)10(5-11(14)15)16-8(2)13/h3-4,6,10H,5H2,1-2H3,(H,14,15). The van der Waals surface area contributed by atoms with E-state index in [0.29, 0.717) is 5.56 Å². The Morgan fingerprint density at radius 1 is 1.50 bits per heavy atom. The van der Waals surface area contributed by atoms with Crippen LogP contribution in [0.15, 0.2) is 18.3 Å². The summed E-state index contributed by atoms with van der Waals surface area (Å²) < 4.78 is 4.93. The van der Waals surface area contributed by atoms with Crippen LogP contribution in [0.5, 0.6) is 0 Å². The van der Waals surface area contributed by atoms with Crippen LogP contribution in [0.1, 0.15) is 30.7 Å². The lowest BCUT2D eigenvalue weighted by molar-refractivity contribution is -0.151. The molecule has 1 atom stereocenters. The monoisotopic (exact) mass is 223 g/mol. The first kappa shape index (κ1) is 12.2. The lowest BCUT2D eigenvalue weighted by Gasteiger charge is -2.14. The number of pyridine rings is 1. The largest absolute Gasteiger partial charge is 0.481 e. The van der Waals surface area contributed by atoms with Crippen molar-refractivity contribution in [3.8, 4) is 0 Å². The summed E-state index contributed by atoms with van der Waals surface area (Å²) in [5.74, 6) is -1.53. The van der Waals surface area contributed by atoms with Crippen molar-refractivity contribution in [1.29, 1.82) is 0 Å². The average molecular weight is 223 g/mol. The van der Waals surface area contributed by atoms with Crippen LogP contribution >= 0.6 is 0 Å². The zero-order valence-corrected chi connectivity index (χ0v) is 9.14. The molecule has 0 aliphatic carbocycles. The van der Waals surface area contributed by atoms with Gasteiger partial charge in [0.15, 0.2) is 0 Å². The maximum atomic E-state index is 10.8. The molecule has 0 fully saturated rings. The highest BCUT2D eigenvalue weighted by Crippen LogP contribution is 2.20. The zero-order chi connectivity index (χ0) is 12.1. The summed E-state index contributed by atoms with van der Waals surface area (Å²) in [5.41, 5.74) is 1.41. The second-order valence-corrected chi connectivity index (χ2v) is 3.43. The van der Waals surface area contributed by atoms with E-state index in [4.69, 9.17) is 9.84 Å². The number of aromatic nitrogens is 1. The van der Waals surface area contributed by atoms with Crippen molar-refractivity contribution in [2.24, 2.45) is 0 Å². The van der Waals surface area contributed by atoms with Gasteiger partial charge in [0, 0.05) is 24.4 Å². The Morgan fingerprint density at radius 2 is 2.19 bits per heavy atom. The fraction of sp³-hybridized carbons (Fsp3) is 0.364. The summed E-state index contributed by atoms with van der Waals surface area (Å²) in [6.45, 7) is 3.07. The molecule has 1 unspecified atom stereocenters. The predicted molar refractivity (Wildman–Crippen MR) is 55.7 cm³/mol. The highest BCUT2D eigenvalue weighted by Gasteiger charge is 2.18. The molecule has 86 valence electrons. The van der Waals surface area contributed by atoms with Gasteiger partial charge in [0.05, 0.1) is 6.42 Å². The van der Waals surface area contributed by atoms with Crippen molar-refractivity contribution in [3.05, 3.63) is 29.6 Å². The number of nitrogens with zero attached hydrogens (tertiary/aromatic N) is 1. The topological polar surface area (TPSA) is 76.5 Å². The number of hydrogen-bond acceptors (Lipinski definition) is 4. The second-order valence-electron chi connectivity index (χ2n) is 3.43. The Kier molecular flexibility index (Phi) is 3.99. The van der Waals surface area contributed by atoms with E-state index in [1.54, 1.807) is 12.1 Å². The number of aliphatic carboxylic acids is 1. The molecule has 5 heteroatoms. The fourth-order valence-electron chi connectivity index (χ4n) is 1.26. The number of aryl methyl sites for hydroxylation is 1. The van der Waals surface area contributed by atoms with Crippen molar-refractivity contribution in [3.63, 3.8) is 0 Å². The molecule has 16 heavy (non-hydrogen) atoms. The molecule has 0 aromatic carbocycles. The molecule has 0 bridgehead atoms. The third-order valence-corrected chi connectivity index (χ3v) is 1.97. The summed E-state index contributed by atoms with van der Waals surface area (Å²) in [7, 11) is 0. The van der Waals surface area contributed by atoms with Crippen LogP contribution in [0.25, 0.3) is 0 Å². The molecule has 0 saturated carbocycles. The molecule has 0 radical (unpaired) electrons. The number of rotatable bonds is 4. The molecule has 1 rings (SSSR count). The minimum Gasteiger partial charge on any atom is -0.481 e. The van der Waals surface area contributed by atoms with Crippen LogP contribution in [-0.4, -0.2) is 22.0 Å². The number of carboxylic acids is 1. The van der Waals surface area contributed by atoms with Crippen molar-refractivity contribution >= 4 is 11.9 Å². The van der Waals surface area contributed by atoms with Gasteiger partial charge in [-0.2, -0.15) is 0 Å². The van der Waals surface area contributed by atoms with Crippen LogP contribution in [0, 0.1) is 6.92 Å². The number of ether oxygens (including phenoxy) is 1. The van der Waals surface area contributed by atoms with Gasteiger partial charge in [-0.05, 0) is 13.0 Å². The molecule has 0 amide bonds. The Morgan fingerprint density at radius 3 is 2.62 bits per heavy atom. The molecular weight excluding hydrogens is 210 g/mol. The van der Waals surface area contributed by atoms with Gasteiger partial charge in [-0.25, -0.2) is 0 Å². The lowest BCUT2D eigenvalue weighted by Crippen LogP contribution is -2.13. The molecule has 0 aliphatic heterocycles. The highest BCUT2D eigenvalue weighted by molar-refractivity contribution is 5.70. The normalized spacial score (nSPS) is 11.9. The van der Waals surface area contributed by atoms with E-state index >= 15 is 0 Å². The first-order chi connectivity index (χ1) is 7.49. The predicted octanol–water partition coefficient (Wildman–Crippen LogP) is 1.47. The van der Waals surface area contributed by atoms with Gasteiger partial charge in [-0.3, -0.25) is 14.6 Å². The van der Waals surface area contributed by atoms with Gasteiger partial charge in [-0.1, -0.05) is 6.07 Å². The Bertz CT molecular complexity index is 369. The van der Waals surface area contributed by atoms with E-state index in [1.807, 2.05) is 6.92 Å². The van der Waals surface area contributed by atoms with Crippen molar-refractivity contribution in [2.75, 3.05) is 0 Å². The number of carbonyl (C=O) groups is 2. The molecule has 1 aromatic heterocycles. The maximum Gasteiger partial charge on any atom is 0.307 e. The average Bonchev–Trinajstić information content (AvgIpc) is 2.16. The summed E-state index contributed by atoms with van der Waals surface area (Å²) >= 11 is 0. The van der Waals surface area contributed by atoms with Crippen LogP contribution < -0.4 is 0 Å². The van der Waals surface area contributed by atoms with Crippen molar-refractivity contribution in [1.82, 2.24) is 4.98 Å². The molecule has 0 aliphatic rings. The Labute approximate surface area is 93.1 Å². The van der Waals surface area contributed by atoms with E-state index < -0.39 is 18.0 Å².